The summed E-state index contributed by atoms with van der Waals surface area (Å²) in [7, 11) is 0. The Hall–Kier alpha value is -1.66. The minimum absolute atomic E-state index is 0.0111. The standard InChI is InChI=1S/C12H12ClN3O2S/c1-7-5-6-14-12(11(7)16(17)18)15-8(2)9-3-4-10(13)19-9/h3-6,8H,1-2H3,(H,14,15). The third-order valence-electron chi connectivity index (χ3n) is 2.68. The molecule has 19 heavy (non-hydrogen) atoms. The molecule has 1 unspecified atom stereocenters. The number of thiophene rings is 1. The van der Waals surface area contributed by atoms with E-state index in [1.54, 1.807) is 25.3 Å². The fourth-order valence-electron chi connectivity index (χ4n) is 1.72. The smallest absolute Gasteiger partial charge is 0.314 e. The lowest BCUT2D eigenvalue weighted by molar-refractivity contribution is -0.384. The highest BCUT2D eigenvalue weighted by atomic mass is 35.5. The third-order valence-corrected chi connectivity index (χ3v) is 4.10. The number of hydrogen-bond acceptors (Lipinski definition) is 5. The second kappa shape index (κ2) is 5.54. The maximum atomic E-state index is 11.1. The van der Waals surface area contributed by atoms with E-state index >= 15 is 0 Å². The molecule has 0 aliphatic carbocycles. The number of anilines is 1. The first-order valence-corrected chi connectivity index (χ1v) is 6.80. The summed E-state index contributed by atoms with van der Waals surface area (Å²) < 4.78 is 0.690. The van der Waals surface area contributed by atoms with E-state index in [1.807, 2.05) is 13.0 Å². The molecule has 2 rings (SSSR count). The predicted molar refractivity (Wildman–Crippen MR) is 77.0 cm³/mol. The van der Waals surface area contributed by atoms with E-state index in [1.165, 1.54) is 11.3 Å². The minimum atomic E-state index is -0.418. The highest BCUT2D eigenvalue weighted by Crippen LogP contribution is 2.32. The molecule has 0 aliphatic rings. The molecule has 0 spiro atoms. The predicted octanol–water partition coefficient (Wildman–Crippen LogP) is 4.19. The molecule has 2 aromatic rings. The molecule has 0 radical (unpaired) electrons. The number of aromatic nitrogens is 1. The van der Waals surface area contributed by atoms with Crippen LogP contribution in [-0.4, -0.2) is 9.91 Å². The number of nitro groups is 1. The summed E-state index contributed by atoms with van der Waals surface area (Å²) in [6.45, 7) is 3.60. The second-order valence-electron chi connectivity index (χ2n) is 4.09. The summed E-state index contributed by atoms with van der Waals surface area (Å²) in [6.07, 6.45) is 1.55. The van der Waals surface area contributed by atoms with Crippen LogP contribution in [0, 0.1) is 17.0 Å². The van der Waals surface area contributed by atoms with Crippen LogP contribution in [0.5, 0.6) is 0 Å². The fraction of sp³-hybridized carbons (Fsp3) is 0.250. The molecule has 0 saturated carbocycles. The molecule has 2 aromatic heterocycles. The van der Waals surface area contributed by atoms with Gasteiger partial charge in [0.2, 0.25) is 5.82 Å². The van der Waals surface area contributed by atoms with Crippen LogP contribution in [0.15, 0.2) is 24.4 Å². The van der Waals surface area contributed by atoms with E-state index in [-0.39, 0.29) is 17.5 Å². The summed E-state index contributed by atoms with van der Waals surface area (Å²) in [5.74, 6) is 0.280. The molecule has 0 saturated heterocycles. The van der Waals surface area contributed by atoms with Gasteiger partial charge in [0.25, 0.3) is 0 Å². The van der Waals surface area contributed by atoms with Gasteiger partial charge in [0.1, 0.15) is 0 Å². The Morgan fingerprint density at radius 3 is 2.79 bits per heavy atom. The van der Waals surface area contributed by atoms with E-state index in [4.69, 9.17) is 11.6 Å². The lowest BCUT2D eigenvalue weighted by atomic mass is 10.2. The van der Waals surface area contributed by atoms with Crippen molar-refractivity contribution in [2.24, 2.45) is 0 Å². The molecule has 0 bridgehead atoms. The Kier molecular flexibility index (Phi) is 4.01. The van der Waals surface area contributed by atoms with E-state index < -0.39 is 4.92 Å². The lowest BCUT2D eigenvalue weighted by Gasteiger charge is -2.13. The van der Waals surface area contributed by atoms with Gasteiger partial charge in [0, 0.05) is 16.6 Å². The second-order valence-corrected chi connectivity index (χ2v) is 5.84. The average Bonchev–Trinajstić information content (AvgIpc) is 2.75. The van der Waals surface area contributed by atoms with Gasteiger partial charge in [-0.15, -0.1) is 11.3 Å². The van der Waals surface area contributed by atoms with E-state index in [0.717, 1.165) is 4.88 Å². The molecular weight excluding hydrogens is 286 g/mol. The van der Waals surface area contributed by atoms with E-state index in [9.17, 15) is 10.1 Å². The van der Waals surface area contributed by atoms with Crippen molar-refractivity contribution in [3.8, 4) is 0 Å². The number of hydrogen-bond donors (Lipinski definition) is 1. The van der Waals surface area contributed by atoms with Crippen molar-refractivity contribution >= 4 is 34.4 Å². The number of nitrogens with one attached hydrogen (secondary N) is 1. The average molecular weight is 298 g/mol. The lowest BCUT2D eigenvalue weighted by Crippen LogP contribution is -2.09. The van der Waals surface area contributed by atoms with Crippen LogP contribution in [0.4, 0.5) is 11.5 Å². The molecule has 1 N–H and O–H groups in total. The SMILES string of the molecule is Cc1ccnc(NC(C)c2ccc(Cl)s2)c1[N+](=O)[O-]. The zero-order chi connectivity index (χ0) is 14.0. The van der Waals surface area contributed by atoms with E-state index in [0.29, 0.717) is 9.90 Å². The van der Waals surface area contributed by atoms with Crippen LogP contribution in [-0.2, 0) is 0 Å². The minimum Gasteiger partial charge on any atom is -0.357 e. The van der Waals surface area contributed by atoms with Gasteiger partial charge in [0.15, 0.2) is 0 Å². The number of rotatable bonds is 4. The Morgan fingerprint density at radius 1 is 1.47 bits per heavy atom. The molecule has 7 heteroatoms. The monoisotopic (exact) mass is 297 g/mol. The highest BCUT2D eigenvalue weighted by molar-refractivity contribution is 7.16. The van der Waals surface area contributed by atoms with Crippen molar-refractivity contribution in [2.75, 3.05) is 5.32 Å². The summed E-state index contributed by atoms with van der Waals surface area (Å²) >= 11 is 7.32. The number of nitrogens with zero attached hydrogens (tertiary/aromatic N) is 2. The first kappa shape index (κ1) is 13.8. The number of pyridine rings is 1. The van der Waals surface area contributed by atoms with Gasteiger partial charge in [-0.05, 0) is 32.0 Å². The van der Waals surface area contributed by atoms with Crippen molar-refractivity contribution in [3.05, 3.63) is 49.3 Å². The van der Waals surface area contributed by atoms with Gasteiger partial charge in [-0.3, -0.25) is 10.1 Å². The van der Waals surface area contributed by atoms with Crippen LogP contribution in [0.1, 0.15) is 23.4 Å². The first-order chi connectivity index (χ1) is 8.99. The molecule has 2 heterocycles. The van der Waals surface area contributed by atoms with Crippen LogP contribution in [0.2, 0.25) is 4.34 Å². The molecule has 0 fully saturated rings. The van der Waals surface area contributed by atoms with Crippen molar-refractivity contribution in [1.29, 1.82) is 0 Å². The summed E-state index contributed by atoms with van der Waals surface area (Å²) in [5.41, 5.74) is 0.593. The van der Waals surface area contributed by atoms with Gasteiger partial charge < -0.3 is 5.32 Å². The van der Waals surface area contributed by atoms with Crippen LogP contribution >= 0.6 is 22.9 Å². The molecule has 5 nitrogen and oxygen atoms in total. The van der Waals surface area contributed by atoms with Gasteiger partial charge in [0.05, 0.1) is 15.3 Å². The molecular formula is C12H12ClN3O2S. The number of aryl methyl sites for hydroxylation is 1. The van der Waals surface area contributed by atoms with Gasteiger partial charge >= 0.3 is 5.69 Å². The van der Waals surface area contributed by atoms with Gasteiger partial charge in [-0.25, -0.2) is 4.98 Å². The van der Waals surface area contributed by atoms with Crippen LogP contribution in [0.3, 0.4) is 0 Å². The fourth-order valence-corrected chi connectivity index (χ4v) is 2.79. The molecule has 0 aliphatic heterocycles. The highest BCUT2D eigenvalue weighted by Gasteiger charge is 2.20. The zero-order valence-corrected chi connectivity index (χ0v) is 12.0. The third kappa shape index (κ3) is 3.02. The summed E-state index contributed by atoms with van der Waals surface area (Å²) in [5, 5.41) is 14.1. The maximum absolute atomic E-state index is 11.1. The van der Waals surface area contributed by atoms with Gasteiger partial charge in [-0.1, -0.05) is 11.6 Å². The Bertz CT molecular complexity index is 615. The van der Waals surface area contributed by atoms with Crippen LogP contribution < -0.4 is 5.32 Å². The normalized spacial score (nSPS) is 12.2. The zero-order valence-electron chi connectivity index (χ0n) is 10.4. The van der Waals surface area contributed by atoms with Gasteiger partial charge in [-0.2, -0.15) is 0 Å². The maximum Gasteiger partial charge on any atom is 0.314 e. The van der Waals surface area contributed by atoms with Crippen molar-refractivity contribution < 1.29 is 4.92 Å². The van der Waals surface area contributed by atoms with Crippen molar-refractivity contribution in [2.45, 2.75) is 19.9 Å². The Balaban J connectivity index is 2.28. The Labute approximate surface area is 119 Å². The first-order valence-electron chi connectivity index (χ1n) is 5.61. The molecule has 0 amide bonds. The summed E-state index contributed by atoms with van der Waals surface area (Å²) in [4.78, 5) is 15.7. The quantitative estimate of drug-likeness (QED) is 0.679. The van der Waals surface area contributed by atoms with Crippen molar-refractivity contribution in [3.63, 3.8) is 0 Å². The molecule has 1 atom stereocenters. The summed E-state index contributed by atoms with van der Waals surface area (Å²) in [6, 6.07) is 5.23. The van der Waals surface area contributed by atoms with Crippen molar-refractivity contribution in [1.82, 2.24) is 4.98 Å². The largest absolute Gasteiger partial charge is 0.357 e. The molecule has 100 valence electrons. The number of halogens is 1. The Morgan fingerprint density at radius 2 is 2.21 bits per heavy atom. The topological polar surface area (TPSA) is 68.1 Å². The van der Waals surface area contributed by atoms with E-state index in [2.05, 4.69) is 10.3 Å². The van der Waals surface area contributed by atoms with Crippen LogP contribution in [0.25, 0.3) is 0 Å². The molecule has 0 aromatic carbocycles.